The number of hydrogen-bond donors (Lipinski definition) is 1. The van der Waals surface area contributed by atoms with E-state index in [1.165, 1.54) is 4.31 Å². The number of hydrogen-bond acceptors (Lipinski definition) is 4. The van der Waals surface area contributed by atoms with E-state index in [4.69, 9.17) is 4.74 Å². The lowest BCUT2D eigenvalue weighted by atomic mass is 9.96. The van der Waals surface area contributed by atoms with Crippen molar-refractivity contribution in [2.45, 2.75) is 46.8 Å². The number of nitrogens with one attached hydrogen (secondary N) is 1. The molecule has 0 radical (unpaired) electrons. The van der Waals surface area contributed by atoms with Crippen LogP contribution in [0.3, 0.4) is 0 Å². The third-order valence-electron chi connectivity index (χ3n) is 3.11. The molecule has 118 valence electrons. The van der Waals surface area contributed by atoms with Gasteiger partial charge >= 0.3 is 0 Å². The van der Waals surface area contributed by atoms with Gasteiger partial charge < -0.3 is 10.1 Å². The Labute approximate surface area is 121 Å². The first-order valence-corrected chi connectivity index (χ1v) is 8.55. The molecular formula is C13H26N2O4S. The number of nitrogens with zero attached hydrogens (tertiary/aromatic N) is 1. The molecule has 0 aromatic heterocycles. The molecule has 2 atom stereocenters. The van der Waals surface area contributed by atoms with Crippen LogP contribution in [0.4, 0.5) is 0 Å². The number of ether oxygens (including phenoxy) is 1. The van der Waals surface area contributed by atoms with E-state index in [9.17, 15) is 13.2 Å². The predicted molar refractivity (Wildman–Crippen MR) is 77.8 cm³/mol. The maximum atomic E-state index is 12.2. The van der Waals surface area contributed by atoms with E-state index in [2.05, 4.69) is 5.32 Å². The summed E-state index contributed by atoms with van der Waals surface area (Å²) in [5.41, 5.74) is -0.508. The predicted octanol–water partition coefficient (Wildman–Crippen LogP) is 0.588. The minimum atomic E-state index is -3.35. The van der Waals surface area contributed by atoms with Gasteiger partial charge in [0.25, 0.3) is 0 Å². The molecule has 0 unspecified atom stereocenters. The van der Waals surface area contributed by atoms with Crippen molar-refractivity contribution in [1.82, 2.24) is 9.62 Å². The molecule has 0 saturated carbocycles. The van der Waals surface area contributed by atoms with E-state index >= 15 is 0 Å². The minimum absolute atomic E-state index is 0.0751. The Hall–Kier alpha value is -0.660. The second-order valence-electron chi connectivity index (χ2n) is 6.40. The molecule has 1 saturated heterocycles. The Morgan fingerprint density at radius 1 is 1.25 bits per heavy atom. The molecule has 0 aromatic rings. The van der Waals surface area contributed by atoms with Crippen LogP contribution in [-0.4, -0.2) is 56.2 Å². The standard InChI is InChI=1S/C13H26N2O4S/c1-10-8-15(9-11(2)19-10)20(17,18)7-6-14-12(16)13(3,4)5/h10-11H,6-9H2,1-5H3,(H,14,16)/t10-,11+. The van der Waals surface area contributed by atoms with Gasteiger partial charge in [0.05, 0.1) is 18.0 Å². The summed E-state index contributed by atoms with van der Waals surface area (Å²) in [5, 5.41) is 2.66. The number of carbonyl (C=O) groups excluding carboxylic acids is 1. The Balaban J connectivity index is 2.52. The van der Waals surface area contributed by atoms with Gasteiger partial charge in [0.1, 0.15) is 0 Å². The summed E-state index contributed by atoms with van der Waals surface area (Å²) in [6.45, 7) is 9.99. The van der Waals surface area contributed by atoms with Gasteiger partial charge in [-0.25, -0.2) is 8.42 Å². The second kappa shape index (κ2) is 6.41. The van der Waals surface area contributed by atoms with E-state index in [-0.39, 0.29) is 30.4 Å². The molecule has 0 bridgehead atoms. The van der Waals surface area contributed by atoms with Crippen LogP contribution in [0.5, 0.6) is 0 Å². The monoisotopic (exact) mass is 306 g/mol. The normalized spacial score (nSPS) is 25.4. The van der Waals surface area contributed by atoms with Gasteiger partial charge in [-0.15, -0.1) is 0 Å². The van der Waals surface area contributed by atoms with Crippen LogP contribution < -0.4 is 5.32 Å². The molecule has 1 rings (SSSR count). The zero-order valence-corrected chi connectivity index (χ0v) is 13.8. The molecule has 0 aliphatic carbocycles. The summed E-state index contributed by atoms with van der Waals surface area (Å²) in [5.74, 6) is -0.217. The molecular weight excluding hydrogens is 280 g/mol. The van der Waals surface area contributed by atoms with Crippen molar-refractivity contribution in [3.05, 3.63) is 0 Å². The minimum Gasteiger partial charge on any atom is -0.373 e. The van der Waals surface area contributed by atoms with Crippen LogP contribution in [-0.2, 0) is 19.6 Å². The lowest BCUT2D eigenvalue weighted by Crippen LogP contribution is -2.50. The summed E-state index contributed by atoms with van der Waals surface area (Å²) in [6, 6.07) is 0. The molecule has 1 fully saturated rings. The summed E-state index contributed by atoms with van der Waals surface area (Å²) < 4.78 is 31.4. The van der Waals surface area contributed by atoms with E-state index in [1.54, 1.807) is 20.8 Å². The van der Waals surface area contributed by atoms with Crippen molar-refractivity contribution in [2.24, 2.45) is 5.41 Å². The first-order chi connectivity index (χ1) is 9.02. The van der Waals surface area contributed by atoms with Crippen LogP contribution in [0.25, 0.3) is 0 Å². The summed E-state index contributed by atoms with van der Waals surface area (Å²) in [6.07, 6.45) is -0.199. The van der Waals surface area contributed by atoms with Crippen molar-refractivity contribution in [2.75, 3.05) is 25.4 Å². The van der Waals surface area contributed by atoms with Crippen molar-refractivity contribution in [3.63, 3.8) is 0 Å². The lowest BCUT2D eigenvalue weighted by Gasteiger charge is -2.34. The fourth-order valence-corrected chi connectivity index (χ4v) is 3.54. The van der Waals surface area contributed by atoms with Crippen molar-refractivity contribution < 1.29 is 17.9 Å². The molecule has 7 heteroatoms. The lowest BCUT2D eigenvalue weighted by molar-refractivity contribution is -0.128. The van der Waals surface area contributed by atoms with E-state index < -0.39 is 15.4 Å². The molecule has 1 heterocycles. The fraction of sp³-hybridized carbons (Fsp3) is 0.923. The third kappa shape index (κ3) is 5.03. The number of sulfonamides is 1. The van der Waals surface area contributed by atoms with Crippen LogP contribution in [0.15, 0.2) is 0 Å². The number of morpholine rings is 1. The Morgan fingerprint density at radius 2 is 1.75 bits per heavy atom. The molecule has 20 heavy (non-hydrogen) atoms. The molecule has 1 aliphatic heterocycles. The quantitative estimate of drug-likeness (QED) is 0.825. The second-order valence-corrected chi connectivity index (χ2v) is 8.48. The average Bonchev–Trinajstić information content (AvgIpc) is 2.25. The van der Waals surface area contributed by atoms with E-state index in [0.717, 1.165) is 0 Å². The highest BCUT2D eigenvalue weighted by molar-refractivity contribution is 7.89. The maximum Gasteiger partial charge on any atom is 0.225 e. The van der Waals surface area contributed by atoms with Gasteiger partial charge in [-0.1, -0.05) is 20.8 Å². The summed E-state index contributed by atoms with van der Waals surface area (Å²) >= 11 is 0. The molecule has 0 spiro atoms. The summed E-state index contributed by atoms with van der Waals surface area (Å²) in [4.78, 5) is 11.7. The van der Waals surface area contributed by atoms with Crippen LogP contribution >= 0.6 is 0 Å². The molecule has 6 nitrogen and oxygen atoms in total. The van der Waals surface area contributed by atoms with Crippen molar-refractivity contribution in [1.29, 1.82) is 0 Å². The van der Waals surface area contributed by atoms with Gasteiger partial charge in [-0.2, -0.15) is 4.31 Å². The highest BCUT2D eigenvalue weighted by Gasteiger charge is 2.31. The van der Waals surface area contributed by atoms with Gasteiger partial charge in [0.15, 0.2) is 0 Å². The maximum absolute atomic E-state index is 12.2. The largest absolute Gasteiger partial charge is 0.373 e. The van der Waals surface area contributed by atoms with Crippen LogP contribution in [0.2, 0.25) is 0 Å². The first-order valence-electron chi connectivity index (χ1n) is 6.94. The Bertz CT molecular complexity index is 432. The van der Waals surface area contributed by atoms with Gasteiger partial charge in [0, 0.05) is 25.0 Å². The van der Waals surface area contributed by atoms with Gasteiger partial charge in [-0.05, 0) is 13.8 Å². The van der Waals surface area contributed by atoms with E-state index in [1.807, 2.05) is 13.8 Å². The Kier molecular flexibility index (Phi) is 5.57. The van der Waals surface area contributed by atoms with Crippen molar-refractivity contribution in [3.8, 4) is 0 Å². The number of rotatable bonds is 4. The third-order valence-corrected chi connectivity index (χ3v) is 4.91. The van der Waals surface area contributed by atoms with Gasteiger partial charge in [-0.3, -0.25) is 4.79 Å². The zero-order chi connectivity index (χ0) is 15.6. The van der Waals surface area contributed by atoms with Gasteiger partial charge in [0.2, 0.25) is 15.9 Å². The first kappa shape index (κ1) is 17.4. The highest BCUT2D eigenvalue weighted by Crippen LogP contribution is 2.15. The van der Waals surface area contributed by atoms with E-state index in [0.29, 0.717) is 13.1 Å². The number of amides is 1. The molecule has 0 aromatic carbocycles. The SMILES string of the molecule is C[C@@H]1CN(S(=O)(=O)CCNC(=O)C(C)(C)C)C[C@H](C)O1. The molecule has 1 aliphatic rings. The Morgan fingerprint density at radius 3 is 2.20 bits per heavy atom. The summed E-state index contributed by atoms with van der Waals surface area (Å²) in [7, 11) is -3.35. The van der Waals surface area contributed by atoms with Crippen molar-refractivity contribution >= 4 is 15.9 Å². The average molecular weight is 306 g/mol. The fourth-order valence-electron chi connectivity index (χ4n) is 2.05. The molecule has 1 amide bonds. The smallest absolute Gasteiger partial charge is 0.225 e. The zero-order valence-electron chi connectivity index (χ0n) is 13.0. The topological polar surface area (TPSA) is 75.7 Å². The highest BCUT2D eigenvalue weighted by atomic mass is 32.2. The molecule has 1 N–H and O–H groups in total. The van der Waals surface area contributed by atoms with Crippen LogP contribution in [0, 0.1) is 5.41 Å². The number of carbonyl (C=O) groups is 1. The van der Waals surface area contributed by atoms with Crippen LogP contribution in [0.1, 0.15) is 34.6 Å².